The Morgan fingerprint density at radius 1 is 1.04 bits per heavy atom. The summed E-state index contributed by atoms with van der Waals surface area (Å²) >= 11 is 0. The van der Waals surface area contributed by atoms with Crippen LogP contribution >= 0.6 is 0 Å². The van der Waals surface area contributed by atoms with Crippen LogP contribution in [0.25, 0.3) is 0 Å². The minimum atomic E-state index is -0.344. The molecule has 7 heteroatoms. The topological polar surface area (TPSA) is 85.6 Å². The molecule has 0 radical (unpaired) electrons. The first kappa shape index (κ1) is 14.1. The molecule has 2 N–H and O–H groups in total. The zero-order valence-electron chi connectivity index (χ0n) is 12.5. The van der Waals surface area contributed by atoms with Crippen LogP contribution in [0.4, 0.5) is 17.2 Å². The number of ether oxygens (including phenoxy) is 2. The Bertz CT molecular complexity index is 860. The van der Waals surface area contributed by atoms with Crippen molar-refractivity contribution in [3.8, 4) is 11.5 Å². The summed E-state index contributed by atoms with van der Waals surface area (Å²) in [5.41, 5.74) is 1.64. The van der Waals surface area contributed by atoms with Crippen LogP contribution in [0.2, 0.25) is 0 Å². The van der Waals surface area contributed by atoms with E-state index in [1.807, 2.05) is 24.3 Å². The van der Waals surface area contributed by atoms with E-state index in [9.17, 15) is 4.79 Å². The molecule has 1 aliphatic heterocycles. The van der Waals surface area contributed by atoms with Gasteiger partial charge in [-0.05, 0) is 36.4 Å². The summed E-state index contributed by atoms with van der Waals surface area (Å²) in [6.07, 6.45) is 3.07. The second-order valence-electron chi connectivity index (χ2n) is 5.06. The summed E-state index contributed by atoms with van der Waals surface area (Å²) in [6.45, 7) is 0.240. The third-order valence-electron chi connectivity index (χ3n) is 3.41. The van der Waals surface area contributed by atoms with Gasteiger partial charge in [0.1, 0.15) is 5.82 Å². The van der Waals surface area contributed by atoms with Crippen LogP contribution in [0.1, 0.15) is 10.6 Å². The molecule has 1 aromatic carbocycles. The molecule has 3 heterocycles. The minimum Gasteiger partial charge on any atom is -0.459 e. The van der Waals surface area contributed by atoms with E-state index in [0.29, 0.717) is 11.6 Å². The molecular formula is C17H13N3O4. The Balaban J connectivity index is 1.43. The highest BCUT2D eigenvalue weighted by Gasteiger charge is 2.13. The van der Waals surface area contributed by atoms with E-state index in [4.69, 9.17) is 13.9 Å². The maximum atomic E-state index is 11.9. The molecule has 0 atom stereocenters. The van der Waals surface area contributed by atoms with E-state index >= 15 is 0 Å². The fourth-order valence-electron chi connectivity index (χ4n) is 2.27. The molecule has 0 aliphatic carbocycles. The predicted octanol–water partition coefficient (Wildman–Crippen LogP) is 3.40. The second-order valence-corrected chi connectivity index (χ2v) is 5.06. The smallest absolute Gasteiger partial charge is 0.292 e. The maximum Gasteiger partial charge on any atom is 0.292 e. The SMILES string of the molecule is O=C(Nc1ccc(Nc2ccc3c(c2)OCO3)cn1)c1ccco1. The van der Waals surface area contributed by atoms with Gasteiger partial charge in [0.05, 0.1) is 18.1 Å². The number of aromatic nitrogens is 1. The number of carbonyl (C=O) groups is 1. The van der Waals surface area contributed by atoms with Gasteiger partial charge in [-0.25, -0.2) is 4.98 Å². The number of fused-ring (bicyclic) bond motifs is 1. The van der Waals surface area contributed by atoms with Crippen molar-refractivity contribution in [2.75, 3.05) is 17.4 Å². The van der Waals surface area contributed by atoms with Crippen LogP contribution in [0.3, 0.4) is 0 Å². The third kappa shape index (κ3) is 2.87. The van der Waals surface area contributed by atoms with Crippen molar-refractivity contribution < 1.29 is 18.7 Å². The number of amides is 1. The first-order valence-electron chi connectivity index (χ1n) is 7.25. The average Bonchev–Trinajstić information content (AvgIpc) is 3.27. The molecule has 120 valence electrons. The molecule has 2 aromatic heterocycles. The van der Waals surface area contributed by atoms with Crippen molar-refractivity contribution in [3.05, 3.63) is 60.7 Å². The number of hydrogen-bond acceptors (Lipinski definition) is 6. The van der Waals surface area contributed by atoms with Gasteiger partial charge in [-0.3, -0.25) is 4.79 Å². The molecule has 0 saturated carbocycles. The summed E-state index contributed by atoms with van der Waals surface area (Å²) in [6, 6.07) is 12.3. The molecule has 1 aliphatic rings. The van der Waals surface area contributed by atoms with Crippen molar-refractivity contribution in [2.24, 2.45) is 0 Å². The standard InChI is InChI=1S/C17H13N3O4/c21-17(14-2-1-7-22-14)20-16-6-4-12(9-18-16)19-11-3-5-13-15(8-11)24-10-23-13/h1-9,19H,10H2,(H,18,20,21). The number of nitrogens with one attached hydrogen (secondary N) is 2. The van der Waals surface area contributed by atoms with Gasteiger partial charge in [0, 0.05) is 11.8 Å². The number of benzene rings is 1. The minimum absolute atomic E-state index is 0.236. The van der Waals surface area contributed by atoms with Crippen molar-refractivity contribution in [3.63, 3.8) is 0 Å². The van der Waals surface area contributed by atoms with Crippen molar-refractivity contribution >= 4 is 23.1 Å². The summed E-state index contributed by atoms with van der Waals surface area (Å²) < 4.78 is 15.7. The zero-order chi connectivity index (χ0) is 16.4. The van der Waals surface area contributed by atoms with Crippen LogP contribution in [-0.2, 0) is 0 Å². The largest absolute Gasteiger partial charge is 0.459 e. The van der Waals surface area contributed by atoms with Gasteiger partial charge in [-0.2, -0.15) is 0 Å². The van der Waals surface area contributed by atoms with Crippen LogP contribution in [0.15, 0.2) is 59.3 Å². The van der Waals surface area contributed by atoms with Gasteiger partial charge in [0.2, 0.25) is 6.79 Å². The third-order valence-corrected chi connectivity index (χ3v) is 3.41. The van der Waals surface area contributed by atoms with Crippen molar-refractivity contribution in [1.82, 2.24) is 4.98 Å². The van der Waals surface area contributed by atoms with Gasteiger partial charge in [-0.15, -0.1) is 0 Å². The second kappa shape index (κ2) is 5.96. The van der Waals surface area contributed by atoms with E-state index in [2.05, 4.69) is 15.6 Å². The van der Waals surface area contributed by atoms with Gasteiger partial charge in [0.15, 0.2) is 17.3 Å². The number of nitrogens with zero attached hydrogens (tertiary/aromatic N) is 1. The monoisotopic (exact) mass is 323 g/mol. The lowest BCUT2D eigenvalue weighted by atomic mass is 10.2. The van der Waals surface area contributed by atoms with Crippen LogP contribution in [0, 0.1) is 0 Å². The zero-order valence-corrected chi connectivity index (χ0v) is 12.5. The predicted molar refractivity (Wildman–Crippen MR) is 86.7 cm³/mol. The Morgan fingerprint density at radius 2 is 1.92 bits per heavy atom. The molecule has 4 rings (SSSR count). The first-order chi connectivity index (χ1) is 11.8. The van der Waals surface area contributed by atoms with Gasteiger partial charge in [-0.1, -0.05) is 0 Å². The quantitative estimate of drug-likeness (QED) is 0.765. The first-order valence-corrected chi connectivity index (χ1v) is 7.25. The number of furan rings is 1. The Hall–Kier alpha value is -3.48. The van der Waals surface area contributed by atoms with Gasteiger partial charge in [0.25, 0.3) is 5.91 Å². The van der Waals surface area contributed by atoms with Crippen LogP contribution in [-0.4, -0.2) is 17.7 Å². The molecule has 0 fully saturated rings. The van der Waals surface area contributed by atoms with Crippen LogP contribution < -0.4 is 20.1 Å². The number of rotatable bonds is 4. The molecule has 0 saturated heterocycles. The van der Waals surface area contributed by atoms with E-state index < -0.39 is 0 Å². The lowest BCUT2D eigenvalue weighted by Crippen LogP contribution is -2.11. The summed E-state index contributed by atoms with van der Waals surface area (Å²) in [4.78, 5) is 16.1. The van der Waals surface area contributed by atoms with Crippen LogP contribution in [0.5, 0.6) is 11.5 Å². The Morgan fingerprint density at radius 3 is 2.71 bits per heavy atom. The lowest BCUT2D eigenvalue weighted by molar-refractivity contribution is 0.0996. The average molecular weight is 323 g/mol. The highest BCUT2D eigenvalue weighted by atomic mass is 16.7. The van der Waals surface area contributed by atoms with Gasteiger partial charge < -0.3 is 24.5 Å². The Labute approximate surface area is 137 Å². The summed E-state index contributed by atoms with van der Waals surface area (Å²) in [7, 11) is 0. The Kier molecular flexibility index (Phi) is 3.51. The number of carbonyl (C=O) groups excluding carboxylic acids is 1. The molecule has 1 amide bonds. The van der Waals surface area contributed by atoms with E-state index in [-0.39, 0.29) is 18.5 Å². The normalized spacial score (nSPS) is 12.0. The highest BCUT2D eigenvalue weighted by molar-refractivity contribution is 6.01. The number of pyridine rings is 1. The molecule has 24 heavy (non-hydrogen) atoms. The molecule has 0 bridgehead atoms. The fourth-order valence-corrected chi connectivity index (χ4v) is 2.27. The fraction of sp³-hybridized carbons (Fsp3) is 0.0588. The highest BCUT2D eigenvalue weighted by Crippen LogP contribution is 2.35. The summed E-state index contributed by atoms with van der Waals surface area (Å²) in [5.74, 6) is 1.76. The molecule has 0 unspecified atom stereocenters. The molecule has 3 aromatic rings. The molecule has 7 nitrogen and oxygen atoms in total. The van der Waals surface area contributed by atoms with E-state index in [1.54, 1.807) is 24.4 Å². The lowest BCUT2D eigenvalue weighted by Gasteiger charge is -2.08. The number of anilines is 3. The van der Waals surface area contributed by atoms with Gasteiger partial charge >= 0.3 is 0 Å². The number of hydrogen-bond donors (Lipinski definition) is 2. The molecular weight excluding hydrogens is 310 g/mol. The van der Waals surface area contributed by atoms with E-state index in [0.717, 1.165) is 17.1 Å². The molecule has 0 spiro atoms. The summed E-state index contributed by atoms with van der Waals surface area (Å²) in [5, 5.41) is 5.87. The van der Waals surface area contributed by atoms with Crippen molar-refractivity contribution in [2.45, 2.75) is 0 Å². The van der Waals surface area contributed by atoms with Crippen molar-refractivity contribution in [1.29, 1.82) is 0 Å². The van der Waals surface area contributed by atoms with E-state index in [1.165, 1.54) is 6.26 Å². The maximum absolute atomic E-state index is 11.9.